The van der Waals surface area contributed by atoms with E-state index in [1.807, 2.05) is 6.07 Å². The third-order valence-electron chi connectivity index (χ3n) is 2.28. The summed E-state index contributed by atoms with van der Waals surface area (Å²) in [6, 6.07) is 8.86. The summed E-state index contributed by atoms with van der Waals surface area (Å²) in [6.07, 6.45) is 0. The summed E-state index contributed by atoms with van der Waals surface area (Å²) in [6.45, 7) is -0.554. The van der Waals surface area contributed by atoms with Crippen molar-refractivity contribution >= 4 is 11.9 Å². The maximum absolute atomic E-state index is 11.5. The van der Waals surface area contributed by atoms with E-state index in [0.717, 1.165) is 5.56 Å². The highest BCUT2D eigenvalue weighted by Gasteiger charge is 2.42. The molecule has 5 N–H and O–H groups in total. The van der Waals surface area contributed by atoms with Crippen LogP contribution in [0.3, 0.4) is 0 Å². The second kappa shape index (κ2) is 5.42. The molecule has 0 saturated heterocycles. The Morgan fingerprint density at radius 2 is 1.88 bits per heavy atom. The van der Waals surface area contributed by atoms with E-state index in [9.17, 15) is 9.59 Å². The minimum absolute atomic E-state index is 0.0358. The normalized spacial score (nSPS) is 13.8. The van der Waals surface area contributed by atoms with Crippen molar-refractivity contribution in [2.45, 2.75) is 12.1 Å². The first-order chi connectivity index (χ1) is 8.00. The Hall–Kier alpha value is -1.92. The van der Waals surface area contributed by atoms with E-state index < -0.39 is 24.0 Å². The molecule has 0 heterocycles. The molecule has 1 unspecified atom stereocenters. The highest BCUT2D eigenvalue weighted by molar-refractivity contribution is 6.04. The summed E-state index contributed by atoms with van der Waals surface area (Å²) < 4.78 is 4.82. The van der Waals surface area contributed by atoms with E-state index in [2.05, 4.69) is 0 Å². The van der Waals surface area contributed by atoms with Crippen molar-refractivity contribution in [3.8, 4) is 0 Å². The standard InChI is InChI=1S/C11H14N2O4/c12-7-11(13,9(14)15)10(16)17-6-8-4-2-1-3-5-8/h1-5H,6-7,12-13H2,(H,14,15). The number of carboxylic acid groups (broad SMARTS) is 1. The predicted molar refractivity (Wildman–Crippen MR) is 59.8 cm³/mol. The minimum atomic E-state index is -2.19. The highest BCUT2D eigenvalue weighted by atomic mass is 16.5. The molecule has 0 bridgehead atoms. The largest absolute Gasteiger partial charge is 0.479 e. The van der Waals surface area contributed by atoms with Gasteiger partial charge in [-0.25, -0.2) is 9.59 Å². The van der Waals surface area contributed by atoms with Crippen LogP contribution in [-0.4, -0.2) is 29.1 Å². The summed E-state index contributed by atoms with van der Waals surface area (Å²) in [4.78, 5) is 22.3. The number of hydrogen-bond donors (Lipinski definition) is 3. The van der Waals surface area contributed by atoms with Crippen LogP contribution in [0, 0.1) is 0 Å². The second-order valence-electron chi connectivity index (χ2n) is 3.54. The van der Waals surface area contributed by atoms with Gasteiger partial charge in [-0.2, -0.15) is 0 Å². The lowest BCUT2D eigenvalue weighted by molar-refractivity contribution is -0.161. The Morgan fingerprint density at radius 1 is 1.29 bits per heavy atom. The lowest BCUT2D eigenvalue weighted by Gasteiger charge is -2.20. The van der Waals surface area contributed by atoms with Gasteiger partial charge in [-0.05, 0) is 5.56 Å². The van der Waals surface area contributed by atoms with Crippen molar-refractivity contribution in [2.24, 2.45) is 11.5 Å². The predicted octanol–water partition coefficient (Wildman–Crippen LogP) is -0.529. The fourth-order valence-electron chi connectivity index (χ4n) is 1.11. The van der Waals surface area contributed by atoms with E-state index >= 15 is 0 Å². The molecule has 0 aliphatic heterocycles. The SMILES string of the molecule is NCC(N)(C(=O)O)C(=O)OCc1ccccc1. The first-order valence-electron chi connectivity index (χ1n) is 4.94. The van der Waals surface area contributed by atoms with Gasteiger partial charge < -0.3 is 21.3 Å². The summed E-state index contributed by atoms with van der Waals surface area (Å²) in [5.74, 6) is -2.55. The smallest absolute Gasteiger partial charge is 0.339 e. The molecule has 6 heteroatoms. The van der Waals surface area contributed by atoms with Gasteiger partial charge in [0.2, 0.25) is 5.54 Å². The number of nitrogens with two attached hydrogens (primary N) is 2. The molecular formula is C11H14N2O4. The molecule has 0 fully saturated rings. The third kappa shape index (κ3) is 3.02. The fraction of sp³-hybridized carbons (Fsp3) is 0.273. The van der Waals surface area contributed by atoms with Crippen molar-refractivity contribution in [1.82, 2.24) is 0 Å². The monoisotopic (exact) mass is 238 g/mol. The van der Waals surface area contributed by atoms with Gasteiger partial charge in [0.15, 0.2) is 0 Å². The summed E-state index contributed by atoms with van der Waals surface area (Å²) in [5, 5.41) is 8.79. The van der Waals surface area contributed by atoms with Crippen molar-refractivity contribution in [3.63, 3.8) is 0 Å². The Morgan fingerprint density at radius 3 is 2.35 bits per heavy atom. The molecule has 0 aliphatic rings. The molecule has 17 heavy (non-hydrogen) atoms. The number of benzene rings is 1. The van der Waals surface area contributed by atoms with E-state index in [0.29, 0.717) is 0 Å². The zero-order chi connectivity index (χ0) is 12.9. The van der Waals surface area contributed by atoms with Crippen molar-refractivity contribution in [2.75, 3.05) is 6.54 Å². The summed E-state index contributed by atoms with van der Waals surface area (Å²) >= 11 is 0. The van der Waals surface area contributed by atoms with Gasteiger partial charge in [0.1, 0.15) is 6.61 Å². The van der Waals surface area contributed by atoms with Gasteiger partial charge in [0.05, 0.1) is 0 Å². The third-order valence-corrected chi connectivity index (χ3v) is 2.28. The van der Waals surface area contributed by atoms with Crippen molar-refractivity contribution in [1.29, 1.82) is 0 Å². The molecule has 1 rings (SSSR count). The number of rotatable bonds is 5. The molecule has 0 aliphatic carbocycles. The number of aliphatic carboxylic acids is 1. The van der Waals surface area contributed by atoms with Crippen LogP contribution in [0.25, 0.3) is 0 Å². The number of esters is 1. The zero-order valence-electron chi connectivity index (χ0n) is 9.13. The molecule has 1 aromatic rings. The van der Waals surface area contributed by atoms with Crippen molar-refractivity contribution < 1.29 is 19.4 Å². The Labute approximate surface area is 98.2 Å². The van der Waals surface area contributed by atoms with Crippen LogP contribution in [0.2, 0.25) is 0 Å². The lowest BCUT2D eigenvalue weighted by atomic mass is 10.0. The van der Waals surface area contributed by atoms with Crippen LogP contribution >= 0.6 is 0 Å². The van der Waals surface area contributed by atoms with Gasteiger partial charge in [0, 0.05) is 6.54 Å². The molecule has 0 radical (unpaired) electrons. The number of carboxylic acids is 1. The molecule has 92 valence electrons. The lowest BCUT2D eigenvalue weighted by Crippen LogP contribution is -2.60. The van der Waals surface area contributed by atoms with E-state index in [4.69, 9.17) is 21.3 Å². The number of carbonyl (C=O) groups is 2. The van der Waals surface area contributed by atoms with Gasteiger partial charge in [0.25, 0.3) is 0 Å². The summed E-state index contributed by atoms with van der Waals surface area (Å²) in [5.41, 5.74) is 9.08. The first-order valence-corrected chi connectivity index (χ1v) is 4.94. The highest BCUT2D eigenvalue weighted by Crippen LogP contribution is 2.06. The van der Waals surface area contributed by atoms with Crippen LogP contribution in [-0.2, 0) is 20.9 Å². The van der Waals surface area contributed by atoms with Gasteiger partial charge in [-0.3, -0.25) is 0 Å². The summed E-state index contributed by atoms with van der Waals surface area (Å²) in [7, 11) is 0. The van der Waals surface area contributed by atoms with Crippen LogP contribution in [0.4, 0.5) is 0 Å². The van der Waals surface area contributed by atoms with Gasteiger partial charge >= 0.3 is 11.9 Å². The average molecular weight is 238 g/mol. The average Bonchev–Trinajstić information content (AvgIpc) is 2.35. The maximum atomic E-state index is 11.5. The topological polar surface area (TPSA) is 116 Å². The van der Waals surface area contributed by atoms with E-state index in [-0.39, 0.29) is 6.61 Å². The molecule has 6 nitrogen and oxygen atoms in total. The molecule has 0 saturated carbocycles. The zero-order valence-corrected chi connectivity index (χ0v) is 9.13. The Bertz CT molecular complexity index is 407. The minimum Gasteiger partial charge on any atom is -0.479 e. The molecule has 1 aromatic carbocycles. The molecule has 0 aromatic heterocycles. The Kier molecular flexibility index (Phi) is 4.19. The van der Waals surface area contributed by atoms with Gasteiger partial charge in [-0.1, -0.05) is 30.3 Å². The quantitative estimate of drug-likeness (QED) is 0.469. The number of ether oxygens (including phenoxy) is 1. The number of hydrogen-bond acceptors (Lipinski definition) is 5. The van der Waals surface area contributed by atoms with E-state index in [1.54, 1.807) is 24.3 Å². The van der Waals surface area contributed by atoms with Crippen molar-refractivity contribution in [3.05, 3.63) is 35.9 Å². The van der Waals surface area contributed by atoms with Crippen LogP contribution in [0.5, 0.6) is 0 Å². The van der Waals surface area contributed by atoms with Crippen LogP contribution < -0.4 is 11.5 Å². The van der Waals surface area contributed by atoms with Crippen LogP contribution in [0.15, 0.2) is 30.3 Å². The fourth-order valence-corrected chi connectivity index (χ4v) is 1.11. The Balaban J connectivity index is 2.64. The van der Waals surface area contributed by atoms with Gasteiger partial charge in [-0.15, -0.1) is 0 Å². The first kappa shape index (κ1) is 13.1. The van der Waals surface area contributed by atoms with Crippen LogP contribution in [0.1, 0.15) is 5.56 Å². The maximum Gasteiger partial charge on any atom is 0.339 e. The molecule has 1 atom stereocenters. The number of carbonyl (C=O) groups excluding carboxylic acids is 1. The molecule has 0 amide bonds. The molecular weight excluding hydrogens is 224 g/mol. The van der Waals surface area contributed by atoms with E-state index in [1.165, 1.54) is 0 Å². The molecule has 0 spiro atoms. The second-order valence-corrected chi connectivity index (χ2v) is 3.54.